The van der Waals surface area contributed by atoms with E-state index < -0.39 is 0 Å². The molecule has 0 spiro atoms. The third-order valence-corrected chi connectivity index (χ3v) is 3.70. The minimum absolute atomic E-state index is 0.149. The van der Waals surface area contributed by atoms with Crippen LogP contribution < -0.4 is 15.2 Å². The average molecular weight is 306 g/mol. The maximum atomic E-state index is 6.31. The van der Waals surface area contributed by atoms with Crippen molar-refractivity contribution in [2.75, 3.05) is 14.2 Å². The molecule has 0 aliphatic carbocycles. The Morgan fingerprint density at radius 1 is 1.14 bits per heavy atom. The molecule has 0 heterocycles. The van der Waals surface area contributed by atoms with Crippen molar-refractivity contribution in [3.05, 3.63) is 58.1 Å². The molecule has 112 valence electrons. The number of methoxy groups -OCH3 is 2. The van der Waals surface area contributed by atoms with Crippen LogP contribution >= 0.6 is 11.6 Å². The number of hydrogen-bond donors (Lipinski definition) is 1. The standard InChI is InChI=1S/C17H20ClNO2/c1-11-5-4-6-12(7-11)8-15(19)13-9-14(18)17(21-3)16(10-13)20-2/h4-7,9-10,15H,8,19H2,1-3H3. The third-order valence-electron chi connectivity index (χ3n) is 3.42. The lowest BCUT2D eigenvalue weighted by Gasteiger charge is -2.16. The first kappa shape index (κ1) is 15.7. The van der Waals surface area contributed by atoms with Crippen LogP contribution in [-0.4, -0.2) is 14.2 Å². The highest BCUT2D eigenvalue weighted by Crippen LogP contribution is 2.37. The van der Waals surface area contributed by atoms with Crippen LogP contribution in [0.2, 0.25) is 5.02 Å². The predicted molar refractivity (Wildman–Crippen MR) is 86.4 cm³/mol. The van der Waals surface area contributed by atoms with Crippen molar-refractivity contribution in [2.45, 2.75) is 19.4 Å². The highest BCUT2D eigenvalue weighted by molar-refractivity contribution is 6.32. The van der Waals surface area contributed by atoms with Gasteiger partial charge < -0.3 is 15.2 Å². The Labute approximate surface area is 130 Å². The van der Waals surface area contributed by atoms with Crippen LogP contribution in [0.3, 0.4) is 0 Å². The first-order valence-electron chi connectivity index (χ1n) is 6.77. The van der Waals surface area contributed by atoms with Gasteiger partial charge in [0.25, 0.3) is 0 Å². The summed E-state index contributed by atoms with van der Waals surface area (Å²) >= 11 is 6.23. The number of rotatable bonds is 5. The molecule has 1 atom stereocenters. The lowest BCUT2D eigenvalue weighted by atomic mass is 9.98. The number of ether oxygens (including phenoxy) is 2. The number of benzene rings is 2. The van der Waals surface area contributed by atoms with Crippen LogP contribution in [0.1, 0.15) is 22.7 Å². The average Bonchev–Trinajstić information content (AvgIpc) is 2.46. The Morgan fingerprint density at radius 3 is 2.52 bits per heavy atom. The molecule has 21 heavy (non-hydrogen) atoms. The third kappa shape index (κ3) is 3.69. The van der Waals surface area contributed by atoms with Gasteiger partial charge in [0.15, 0.2) is 11.5 Å². The molecule has 0 amide bonds. The second kappa shape index (κ2) is 6.83. The van der Waals surface area contributed by atoms with Crippen LogP contribution in [0.15, 0.2) is 36.4 Å². The van der Waals surface area contributed by atoms with E-state index in [-0.39, 0.29) is 6.04 Å². The van der Waals surface area contributed by atoms with Gasteiger partial charge >= 0.3 is 0 Å². The first-order chi connectivity index (χ1) is 10.0. The molecular formula is C17H20ClNO2. The molecule has 0 aromatic heterocycles. The Hall–Kier alpha value is -1.71. The number of hydrogen-bond acceptors (Lipinski definition) is 3. The van der Waals surface area contributed by atoms with E-state index in [9.17, 15) is 0 Å². The Balaban J connectivity index is 2.27. The van der Waals surface area contributed by atoms with Crippen molar-refractivity contribution in [2.24, 2.45) is 5.73 Å². The van der Waals surface area contributed by atoms with E-state index in [0.29, 0.717) is 16.5 Å². The quantitative estimate of drug-likeness (QED) is 0.911. The van der Waals surface area contributed by atoms with Crippen LogP contribution in [0.5, 0.6) is 11.5 Å². The number of aryl methyl sites for hydroxylation is 1. The fourth-order valence-electron chi connectivity index (χ4n) is 2.36. The highest BCUT2D eigenvalue weighted by Gasteiger charge is 2.15. The van der Waals surface area contributed by atoms with Crippen LogP contribution in [-0.2, 0) is 6.42 Å². The molecule has 0 aliphatic heterocycles. The fourth-order valence-corrected chi connectivity index (χ4v) is 2.66. The van der Waals surface area contributed by atoms with E-state index in [2.05, 4.69) is 25.1 Å². The summed E-state index contributed by atoms with van der Waals surface area (Å²) in [4.78, 5) is 0. The molecule has 0 fully saturated rings. The molecule has 0 aliphatic rings. The van der Waals surface area contributed by atoms with E-state index in [4.69, 9.17) is 26.8 Å². The molecule has 2 aromatic rings. The van der Waals surface area contributed by atoms with E-state index in [1.807, 2.05) is 18.2 Å². The predicted octanol–water partition coefficient (Wildman–Crippen LogP) is 3.91. The summed E-state index contributed by atoms with van der Waals surface area (Å²) in [6.07, 6.45) is 0.744. The summed E-state index contributed by atoms with van der Waals surface area (Å²) in [6.45, 7) is 2.07. The Kier molecular flexibility index (Phi) is 5.10. The highest BCUT2D eigenvalue weighted by atomic mass is 35.5. The second-order valence-corrected chi connectivity index (χ2v) is 5.45. The Bertz CT molecular complexity index is 628. The molecule has 2 rings (SSSR count). The number of nitrogens with two attached hydrogens (primary N) is 1. The normalized spacial score (nSPS) is 12.0. The summed E-state index contributed by atoms with van der Waals surface area (Å²) in [5.41, 5.74) is 9.66. The van der Waals surface area contributed by atoms with Crippen LogP contribution in [0.4, 0.5) is 0 Å². The zero-order valence-corrected chi connectivity index (χ0v) is 13.3. The molecule has 4 heteroatoms. The molecule has 2 aromatic carbocycles. The molecule has 0 saturated heterocycles. The van der Waals surface area contributed by atoms with Crippen molar-refractivity contribution in [1.82, 2.24) is 0 Å². The van der Waals surface area contributed by atoms with Crippen molar-refractivity contribution >= 4 is 11.6 Å². The van der Waals surface area contributed by atoms with Gasteiger partial charge in [-0.25, -0.2) is 0 Å². The Morgan fingerprint density at radius 2 is 1.90 bits per heavy atom. The van der Waals surface area contributed by atoms with Gasteiger partial charge in [-0.3, -0.25) is 0 Å². The monoisotopic (exact) mass is 305 g/mol. The maximum Gasteiger partial charge on any atom is 0.179 e. The lowest BCUT2D eigenvalue weighted by Crippen LogP contribution is -2.13. The van der Waals surface area contributed by atoms with Gasteiger partial charge in [-0.1, -0.05) is 41.4 Å². The van der Waals surface area contributed by atoms with E-state index in [1.165, 1.54) is 11.1 Å². The largest absolute Gasteiger partial charge is 0.493 e. The van der Waals surface area contributed by atoms with E-state index >= 15 is 0 Å². The lowest BCUT2D eigenvalue weighted by molar-refractivity contribution is 0.354. The minimum atomic E-state index is -0.149. The van der Waals surface area contributed by atoms with E-state index in [1.54, 1.807) is 14.2 Å². The molecular weight excluding hydrogens is 286 g/mol. The van der Waals surface area contributed by atoms with Gasteiger partial charge in [0, 0.05) is 6.04 Å². The van der Waals surface area contributed by atoms with Gasteiger partial charge in [-0.05, 0) is 36.6 Å². The molecule has 2 N–H and O–H groups in total. The molecule has 0 bridgehead atoms. The van der Waals surface area contributed by atoms with Crippen LogP contribution in [0.25, 0.3) is 0 Å². The van der Waals surface area contributed by atoms with Gasteiger partial charge in [0.05, 0.1) is 19.2 Å². The van der Waals surface area contributed by atoms with Gasteiger partial charge in [-0.15, -0.1) is 0 Å². The smallest absolute Gasteiger partial charge is 0.179 e. The summed E-state index contributed by atoms with van der Waals surface area (Å²) in [5, 5.41) is 0.506. The van der Waals surface area contributed by atoms with Gasteiger partial charge in [0.2, 0.25) is 0 Å². The summed E-state index contributed by atoms with van der Waals surface area (Å²) in [5.74, 6) is 1.13. The van der Waals surface area contributed by atoms with Crippen molar-refractivity contribution in [3.8, 4) is 11.5 Å². The van der Waals surface area contributed by atoms with Gasteiger partial charge in [-0.2, -0.15) is 0 Å². The molecule has 3 nitrogen and oxygen atoms in total. The van der Waals surface area contributed by atoms with Crippen molar-refractivity contribution in [3.63, 3.8) is 0 Å². The summed E-state index contributed by atoms with van der Waals surface area (Å²) < 4.78 is 10.6. The maximum absolute atomic E-state index is 6.31. The minimum Gasteiger partial charge on any atom is -0.493 e. The van der Waals surface area contributed by atoms with Crippen LogP contribution in [0, 0.1) is 6.92 Å². The SMILES string of the molecule is COc1cc(C(N)Cc2cccc(C)c2)cc(Cl)c1OC. The second-order valence-electron chi connectivity index (χ2n) is 5.04. The topological polar surface area (TPSA) is 44.5 Å². The zero-order valence-electron chi connectivity index (χ0n) is 12.5. The molecule has 0 saturated carbocycles. The number of halogens is 1. The molecule has 1 unspecified atom stereocenters. The summed E-state index contributed by atoms with van der Waals surface area (Å²) in [6, 6.07) is 11.9. The molecule has 0 radical (unpaired) electrons. The van der Waals surface area contributed by atoms with Crippen molar-refractivity contribution in [1.29, 1.82) is 0 Å². The first-order valence-corrected chi connectivity index (χ1v) is 7.15. The van der Waals surface area contributed by atoms with Crippen molar-refractivity contribution < 1.29 is 9.47 Å². The van der Waals surface area contributed by atoms with Gasteiger partial charge in [0.1, 0.15) is 0 Å². The van der Waals surface area contributed by atoms with E-state index in [0.717, 1.165) is 12.0 Å². The summed E-state index contributed by atoms with van der Waals surface area (Å²) in [7, 11) is 3.15. The fraction of sp³-hybridized carbons (Fsp3) is 0.294. The zero-order chi connectivity index (χ0) is 15.4.